The molecule has 0 heterocycles. The van der Waals surface area contributed by atoms with Crippen molar-refractivity contribution in [2.75, 3.05) is 13.6 Å². The second-order valence-electron chi connectivity index (χ2n) is 4.58. The summed E-state index contributed by atoms with van der Waals surface area (Å²) in [7, 11) is 1.53. The zero-order valence-corrected chi connectivity index (χ0v) is 10.4. The van der Waals surface area contributed by atoms with E-state index in [4.69, 9.17) is 0 Å². The van der Waals surface area contributed by atoms with Crippen molar-refractivity contribution in [1.29, 1.82) is 0 Å². The standard InChI is InChI=1S/C12H22N2O3/c1-13-11(15)9-14(12(16)17)10-7-5-3-2-4-6-8-10/h10H,2-9H2,1H3,(H,13,15)(H,16,17). The van der Waals surface area contributed by atoms with Crippen molar-refractivity contribution in [2.45, 2.75) is 51.0 Å². The van der Waals surface area contributed by atoms with Crippen molar-refractivity contribution < 1.29 is 14.7 Å². The van der Waals surface area contributed by atoms with Crippen LogP contribution in [0.3, 0.4) is 0 Å². The largest absolute Gasteiger partial charge is 0.465 e. The van der Waals surface area contributed by atoms with E-state index in [0.29, 0.717) is 0 Å². The molecule has 1 aliphatic carbocycles. The molecule has 2 N–H and O–H groups in total. The number of amides is 2. The van der Waals surface area contributed by atoms with Crippen LogP contribution >= 0.6 is 0 Å². The molecule has 0 radical (unpaired) electrons. The summed E-state index contributed by atoms with van der Waals surface area (Å²) < 4.78 is 0. The summed E-state index contributed by atoms with van der Waals surface area (Å²) in [6.07, 6.45) is 6.47. The zero-order valence-electron chi connectivity index (χ0n) is 10.4. The molecule has 2 amide bonds. The van der Waals surface area contributed by atoms with Crippen LogP contribution < -0.4 is 5.32 Å². The maximum atomic E-state index is 11.3. The lowest BCUT2D eigenvalue weighted by Crippen LogP contribution is -2.45. The van der Waals surface area contributed by atoms with Crippen molar-refractivity contribution in [1.82, 2.24) is 10.2 Å². The van der Waals surface area contributed by atoms with Crippen LogP contribution in [0.15, 0.2) is 0 Å². The molecule has 0 aromatic carbocycles. The molecule has 1 saturated carbocycles. The third kappa shape index (κ3) is 4.63. The lowest BCUT2D eigenvalue weighted by molar-refractivity contribution is -0.122. The van der Waals surface area contributed by atoms with Gasteiger partial charge in [-0.15, -0.1) is 0 Å². The summed E-state index contributed by atoms with van der Waals surface area (Å²) in [6, 6.07) is 0.00472. The number of rotatable bonds is 3. The molecule has 5 nitrogen and oxygen atoms in total. The minimum atomic E-state index is -0.987. The monoisotopic (exact) mass is 242 g/mol. The van der Waals surface area contributed by atoms with Gasteiger partial charge in [-0.2, -0.15) is 0 Å². The number of nitrogens with zero attached hydrogens (tertiary/aromatic N) is 1. The van der Waals surface area contributed by atoms with Gasteiger partial charge in [-0.25, -0.2) is 4.79 Å². The van der Waals surface area contributed by atoms with Crippen LogP contribution in [0.2, 0.25) is 0 Å². The Morgan fingerprint density at radius 1 is 1.18 bits per heavy atom. The van der Waals surface area contributed by atoms with Crippen molar-refractivity contribution in [3.63, 3.8) is 0 Å². The summed E-state index contributed by atoms with van der Waals surface area (Å²) in [4.78, 5) is 23.8. The van der Waals surface area contributed by atoms with Crippen LogP contribution in [0.5, 0.6) is 0 Å². The van der Waals surface area contributed by atoms with Crippen LogP contribution in [0.1, 0.15) is 44.9 Å². The minimum absolute atomic E-state index is 0.00472. The Morgan fingerprint density at radius 3 is 2.18 bits per heavy atom. The fourth-order valence-electron chi connectivity index (χ4n) is 2.33. The number of hydrogen-bond acceptors (Lipinski definition) is 2. The number of nitrogens with one attached hydrogen (secondary N) is 1. The molecule has 0 spiro atoms. The molecule has 0 aromatic rings. The average Bonchev–Trinajstić information content (AvgIpc) is 2.25. The molecule has 0 unspecified atom stereocenters. The summed E-state index contributed by atoms with van der Waals surface area (Å²) in [5.41, 5.74) is 0. The first-order valence-electron chi connectivity index (χ1n) is 6.35. The highest BCUT2D eigenvalue weighted by Crippen LogP contribution is 2.21. The maximum Gasteiger partial charge on any atom is 0.408 e. The van der Waals surface area contributed by atoms with Crippen LogP contribution in [0, 0.1) is 0 Å². The lowest BCUT2D eigenvalue weighted by Gasteiger charge is -2.30. The number of carbonyl (C=O) groups excluding carboxylic acids is 1. The second-order valence-corrected chi connectivity index (χ2v) is 4.58. The van der Waals surface area contributed by atoms with E-state index < -0.39 is 6.09 Å². The Kier molecular flexibility index (Phi) is 5.80. The summed E-state index contributed by atoms with van der Waals surface area (Å²) in [6.45, 7) is -0.0451. The number of likely N-dealkylation sites (N-methyl/N-ethyl adjacent to an activating group) is 1. The van der Waals surface area contributed by atoms with Gasteiger partial charge in [0.05, 0.1) is 0 Å². The zero-order chi connectivity index (χ0) is 12.7. The fraction of sp³-hybridized carbons (Fsp3) is 0.833. The first-order valence-corrected chi connectivity index (χ1v) is 6.35. The van der Waals surface area contributed by atoms with E-state index in [1.807, 2.05) is 0 Å². The first-order chi connectivity index (χ1) is 8.15. The highest BCUT2D eigenvalue weighted by atomic mass is 16.4. The van der Waals surface area contributed by atoms with Gasteiger partial charge in [-0.05, 0) is 12.8 Å². The molecule has 17 heavy (non-hydrogen) atoms. The number of carboxylic acid groups (broad SMARTS) is 1. The second kappa shape index (κ2) is 7.14. The molecule has 98 valence electrons. The van der Waals surface area contributed by atoms with Gasteiger partial charge in [-0.3, -0.25) is 9.69 Å². The summed E-state index contributed by atoms with van der Waals surface area (Å²) in [5.74, 6) is -0.241. The van der Waals surface area contributed by atoms with Crippen molar-refractivity contribution in [3.05, 3.63) is 0 Å². The quantitative estimate of drug-likeness (QED) is 0.793. The maximum absolute atomic E-state index is 11.3. The van der Waals surface area contributed by atoms with Gasteiger partial charge >= 0.3 is 6.09 Å². The molecular weight excluding hydrogens is 220 g/mol. The molecule has 5 heteroatoms. The molecule has 0 bridgehead atoms. The average molecular weight is 242 g/mol. The van der Waals surface area contributed by atoms with Gasteiger partial charge < -0.3 is 10.4 Å². The highest BCUT2D eigenvalue weighted by molar-refractivity contribution is 5.81. The Bertz CT molecular complexity index is 260. The van der Waals surface area contributed by atoms with E-state index >= 15 is 0 Å². The Labute approximate surface area is 102 Å². The van der Waals surface area contributed by atoms with Gasteiger partial charge in [-0.1, -0.05) is 32.1 Å². The van der Waals surface area contributed by atoms with Crippen molar-refractivity contribution in [2.24, 2.45) is 0 Å². The molecule has 1 fully saturated rings. The number of carbonyl (C=O) groups is 2. The van der Waals surface area contributed by atoms with Gasteiger partial charge in [0.1, 0.15) is 6.54 Å². The van der Waals surface area contributed by atoms with Gasteiger partial charge in [0.25, 0.3) is 0 Å². The van der Waals surface area contributed by atoms with E-state index in [9.17, 15) is 14.7 Å². The van der Waals surface area contributed by atoms with Crippen LogP contribution in [0.4, 0.5) is 4.79 Å². The van der Waals surface area contributed by atoms with E-state index in [0.717, 1.165) is 25.7 Å². The third-order valence-electron chi connectivity index (χ3n) is 3.35. The van der Waals surface area contributed by atoms with Crippen molar-refractivity contribution >= 4 is 12.0 Å². The molecule has 0 atom stereocenters. The fourth-order valence-corrected chi connectivity index (χ4v) is 2.33. The predicted molar refractivity (Wildman–Crippen MR) is 64.9 cm³/mol. The minimum Gasteiger partial charge on any atom is -0.465 e. The van der Waals surface area contributed by atoms with Gasteiger partial charge in [0.15, 0.2) is 0 Å². The van der Waals surface area contributed by atoms with Crippen LogP contribution in [0.25, 0.3) is 0 Å². The Morgan fingerprint density at radius 2 is 1.71 bits per heavy atom. The highest BCUT2D eigenvalue weighted by Gasteiger charge is 2.25. The third-order valence-corrected chi connectivity index (χ3v) is 3.35. The SMILES string of the molecule is CNC(=O)CN(C(=O)O)C1CCCCCCC1. The van der Waals surface area contributed by atoms with E-state index in [1.165, 1.54) is 31.2 Å². The summed E-state index contributed by atoms with van der Waals surface area (Å²) >= 11 is 0. The predicted octanol–water partition coefficient (Wildman–Crippen LogP) is 1.83. The molecular formula is C12H22N2O3. The molecule has 1 rings (SSSR count). The Balaban J connectivity index is 2.60. The molecule has 1 aliphatic rings. The first kappa shape index (κ1) is 13.8. The van der Waals surface area contributed by atoms with E-state index in [2.05, 4.69) is 5.32 Å². The smallest absolute Gasteiger partial charge is 0.408 e. The molecule has 0 saturated heterocycles. The summed E-state index contributed by atoms with van der Waals surface area (Å²) in [5, 5.41) is 11.7. The molecule has 0 aliphatic heterocycles. The van der Waals surface area contributed by atoms with Crippen LogP contribution in [-0.4, -0.2) is 41.6 Å². The van der Waals surface area contributed by atoms with Gasteiger partial charge in [0.2, 0.25) is 5.91 Å². The lowest BCUT2D eigenvalue weighted by atomic mass is 9.96. The van der Waals surface area contributed by atoms with E-state index in [1.54, 1.807) is 0 Å². The molecule has 0 aromatic heterocycles. The van der Waals surface area contributed by atoms with E-state index in [-0.39, 0.29) is 18.5 Å². The topological polar surface area (TPSA) is 69.6 Å². The number of hydrogen-bond donors (Lipinski definition) is 2. The Hall–Kier alpha value is -1.26. The van der Waals surface area contributed by atoms with Gasteiger partial charge in [0, 0.05) is 13.1 Å². The van der Waals surface area contributed by atoms with Crippen LogP contribution in [-0.2, 0) is 4.79 Å². The van der Waals surface area contributed by atoms with Crippen molar-refractivity contribution in [3.8, 4) is 0 Å². The normalized spacial score (nSPS) is 17.9.